The van der Waals surface area contributed by atoms with E-state index in [1.54, 1.807) is 113 Å². The summed E-state index contributed by atoms with van der Waals surface area (Å²) in [7, 11) is -2.01. The van der Waals surface area contributed by atoms with Crippen LogP contribution in [0, 0.1) is 13.8 Å². The van der Waals surface area contributed by atoms with Crippen LogP contribution in [0.15, 0.2) is 59.5 Å². The third-order valence-corrected chi connectivity index (χ3v) is 12.6. The number of likely N-dealkylation sites (N-methyl/N-ethyl adjacent to an activating group) is 1. The van der Waals surface area contributed by atoms with E-state index in [-0.39, 0.29) is 73.2 Å². The molecule has 4 atom stereocenters. The number of fused-ring (bicyclic) bond motifs is 5. The van der Waals surface area contributed by atoms with E-state index < -0.39 is 93.0 Å². The second-order valence-electron chi connectivity index (χ2n) is 21.2. The number of benzene rings is 3. The predicted octanol–water partition coefficient (Wildman–Crippen LogP) is 5.26. The lowest BCUT2D eigenvalue weighted by atomic mass is 9.93. The number of rotatable bonds is 17. The lowest BCUT2D eigenvalue weighted by molar-refractivity contribution is -0.145. The largest absolute Gasteiger partial charge is 0.491 e. The van der Waals surface area contributed by atoms with Crippen molar-refractivity contribution in [1.82, 2.24) is 36.2 Å². The molecule has 4 bridgehead atoms. The molecular weight excluding hydrogens is 1010 g/mol. The molecule has 0 unspecified atom stereocenters. The van der Waals surface area contributed by atoms with Crippen molar-refractivity contribution in [2.24, 2.45) is 0 Å². The zero-order valence-corrected chi connectivity index (χ0v) is 46.8. The molecule has 0 aliphatic carbocycles. The quantitative estimate of drug-likeness (QED) is 0.0572. The maximum atomic E-state index is 15.1. The van der Waals surface area contributed by atoms with Crippen LogP contribution in [0.4, 0.5) is 14.4 Å². The SMILES string of the molecule is COC(=O)[C@@H]1Cc2ccc(OCCNC(=O)OC(C)(C)C)c(c2)-c2cc(ccc2OCCNC(=O)OC(C)(C)C)[C@H](N(C)C(=O)[C@H](CCNC(=O)OC(C)(C)C)NS(=O)(=O)c2ccc(C)cc2C)C(=O)N[C@@H](C)C(=O)N1. The van der Waals surface area contributed by atoms with Crippen molar-refractivity contribution in [2.45, 2.75) is 142 Å². The highest BCUT2D eigenvalue weighted by Crippen LogP contribution is 2.40. The van der Waals surface area contributed by atoms with E-state index in [2.05, 4.69) is 31.3 Å². The Kier molecular flexibility index (Phi) is 21.1. The molecule has 1 aliphatic rings. The maximum absolute atomic E-state index is 15.1. The first-order chi connectivity index (χ1) is 35.3. The van der Waals surface area contributed by atoms with Gasteiger partial charge in [-0.2, -0.15) is 4.72 Å². The van der Waals surface area contributed by atoms with Gasteiger partial charge in [0.25, 0.3) is 0 Å². The molecule has 1 heterocycles. The van der Waals surface area contributed by atoms with Crippen molar-refractivity contribution >= 4 is 52.0 Å². The summed E-state index contributed by atoms with van der Waals surface area (Å²) >= 11 is 0. The Labute approximate surface area is 445 Å². The number of sulfonamides is 1. The fourth-order valence-electron chi connectivity index (χ4n) is 7.72. The first-order valence-electron chi connectivity index (χ1n) is 24.8. The van der Waals surface area contributed by atoms with Gasteiger partial charge in [0.05, 0.1) is 25.1 Å². The zero-order valence-electron chi connectivity index (χ0n) is 45.9. The minimum absolute atomic E-state index is 0.00131. The summed E-state index contributed by atoms with van der Waals surface area (Å²) in [5.74, 6) is -2.96. The van der Waals surface area contributed by atoms with Crippen LogP contribution in [0.3, 0.4) is 0 Å². The zero-order chi connectivity index (χ0) is 56.9. The molecule has 0 aromatic heterocycles. The van der Waals surface area contributed by atoms with Crippen molar-refractivity contribution in [3.05, 3.63) is 76.9 Å². The number of carbonyl (C=O) groups excluding carboxylic acids is 7. The molecule has 76 heavy (non-hydrogen) atoms. The van der Waals surface area contributed by atoms with E-state index in [0.29, 0.717) is 16.7 Å². The topological polar surface area (TPSA) is 284 Å². The highest BCUT2D eigenvalue weighted by atomic mass is 32.2. The average molecular weight is 1080 g/mol. The van der Waals surface area contributed by atoms with Gasteiger partial charge in [0.1, 0.15) is 65.7 Å². The molecule has 23 heteroatoms. The van der Waals surface area contributed by atoms with Gasteiger partial charge >= 0.3 is 24.2 Å². The van der Waals surface area contributed by atoms with Crippen LogP contribution in [-0.2, 0) is 54.6 Å². The molecule has 418 valence electrons. The molecule has 1 aliphatic heterocycles. The Morgan fingerprint density at radius 3 is 1.72 bits per heavy atom. The normalized spacial score (nSPS) is 16.5. The van der Waals surface area contributed by atoms with Crippen molar-refractivity contribution in [3.8, 4) is 22.6 Å². The van der Waals surface area contributed by atoms with E-state index >= 15 is 4.79 Å². The van der Waals surface area contributed by atoms with Crippen LogP contribution in [0.1, 0.15) is 104 Å². The van der Waals surface area contributed by atoms with Gasteiger partial charge in [-0.1, -0.05) is 29.8 Å². The van der Waals surface area contributed by atoms with Crippen LogP contribution in [0.5, 0.6) is 11.5 Å². The molecule has 6 N–H and O–H groups in total. The molecule has 0 saturated heterocycles. The van der Waals surface area contributed by atoms with E-state index in [0.717, 1.165) is 17.6 Å². The standard InChI is InChI=1S/C53H75N7O15S/c1-31-15-20-42(32(2)27-31)76(68,69)59-38(21-22-54-48(65)73-51(4,5)6)46(63)60(13)43-35-17-19-41(72-26-24-56-50(67)75-53(10,11)12)37(30-35)36-28-34(16-18-40(36)71-25-23-55-49(66)74-52(7,8)9)29-39(47(64)70-14)58-44(61)33(3)57-45(43)62/h15-20,27-28,30,33,38-39,43,59H,21-26,29H2,1-14H3,(H,54,65)(H,55,66)(H,56,67)(H,57,62)(H,58,61)/t33-,38-,39-,43-/m0/s1. The lowest BCUT2D eigenvalue weighted by Gasteiger charge is -2.32. The smallest absolute Gasteiger partial charge is 0.407 e. The molecule has 0 saturated carbocycles. The average Bonchev–Trinajstić information content (AvgIpc) is 3.29. The van der Waals surface area contributed by atoms with E-state index in [4.69, 9.17) is 28.4 Å². The monoisotopic (exact) mass is 1080 g/mol. The molecular formula is C53H75N7O15S. The molecule has 0 radical (unpaired) electrons. The number of hydrogen-bond acceptors (Lipinski definition) is 15. The summed E-state index contributed by atoms with van der Waals surface area (Å²) < 4.78 is 64.6. The Morgan fingerprint density at radius 2 is 1.21 bits per heavy atom. The van der Waals surface area contributed by atoms with Crippen LogP contribution in [-0.4, -0.2) is 137 Å². The van der Waals surface area contributed by atoms with Gasteiger partial charge in [0, 0.05) is 31.1 Å². The van der Waals surface area contributed by atoms with Gasteiger partial charge < -0.3 is 59.9 Å². The number of methoxy groups -OCH3 is 1. The number of nitrogens with one attached hydrogen (secondary N) is 6. The van der Waals surface area contributed by atoms with E-state index in [9.17, 15) is 37.2 Å². The fraction of sp³-hybridized carbons (Fsp3) is 0.528. The van der Waals surface area contributed by atoms with Gasteiger partial charge in [-0.3, -0.25) is 14.4 Å². The van der Waals surface area contributed by atoms with Crippen LogP contribution < -0.4 is 40.8 Å². The Morgan fingerprint density at radius 1 is 0.697 bits per heavy atom. The van der Waals surface area contributed by atoms with Crippen molar-refractivity contribution in [1.29, 1.82) is 0 Å². The number of amides is 6. The highest BCUT2D eigenvalue weighted by Gasteiger charge is 2.38. The van der Waals surface area contributed by atoms with E-state index in [1.165, 1.54) is 32.2 Å². The highest BCUT2D eigenvalue weighted by molar-refractivity contribution is 7.89. The molecule has 3 aromatic rings. The van der Waals surface area contributed by atoms with Crippen molar-refractivity contribution in [3.63, 3.8) is 0 Å². The third-order valence-electron chi connectivity index (χ3n) is 11.0. The second-order valence-corrected chi connectivity index (χ2v) is 22.9. The lowest BCUT2D eigenvalue weighted by Crippen LogP contribution is -2.55. The van der Waals surface area contributed by atoms with E-state index in [1.807, 2.05) is 0 Å². The molecule has 22 nitrogen and oxygen atoms in total. The van der Waals surface area contributed by atoms with Crippen LogP contribution in [0.25, 0.3) is 11.1 Å². The number of aryl methyl sites for hydroxylation is 2. The number of nitrogens with zero attached hydrogens (tertiary/aromatic N) is 1. The molecule has 4 rings (SSSR count). The Bertz CT molecular complexity index is 2710. The summed E-state index contributed by atoms with van der Waals surface area (Å²) in [5.41, 5.74) is 0.0345. The second kappa shape index (κ2) is 26.1. The number of hydrogen-bond donors (Lipinski definition) is 6. The molecule has 6 amide bonds. The van der Waals surface area contributed by atoms with Crippen LogP contribution in [0.2, 0.25) is 0 Å². The first kappa shape index (κ1) is 61.4. The van der Waals surface area contributed by atoms with Crippen molar-refractivity contribution in [2.75, 3.05) is 47.0 Å². The number of ether oxygens (including phenoxy) is 6. The summed E-state index contributed by atoms with van der Waals surface area (Å²) in [6, 6.07) is 8.42. The number of alkyl carbamates (subject to hydrolysis) is 3. The third kappa shape index (κ3) is 18.9. The van der Waals surface area contributed by atoms with Gasteiger partial charge in [-0.05, 0) is 137 Å². The number of esters is 1. The van der Waals surface area contributed by atoms with Crippen molar-refractivity contribution < 1.29 is 70.4 Å². The summed E-state index contributed by atoms with van der Waals surface area (Å²) in [4.78, 5) is 95.8. The first-order valence-corrected chi connectivity index (χ1v) is 26.2. The van der Waals surface area contributed by atoms with Gasteiger partial charge in [0.15, 0.2) is 0 Å². The van der Waals surface area contributed by atoms with Crippen LogP contribution >= 0.6 is 0 Å². The minimum atomic E-state index is -4.45. The number of carbonyl (C=O) groups is 7. The van der Waals surface area contributed by atoms with Gasteiger partial charge in [-0.15, -0.1) is 0 Å². The molecule has 0 spiro atoms. The molecule has 3 aromatic carbocycles. The predicted molar refractivity (Wildman–Crippen MR) is 281 cm³/mol. The summed E-state index contributed by atoms with van der Waals surface area (Å²) in [6.45, 7) is 19.6. The summed E-state index contributed by atoms with van der Waals surface area (Å²) in [6.07, 6.45) is -2.59. The van der Waals surface area contributed by atoms with Gasteiger partial charge in [0.2, 0.25) is 27.7 Å². The Balaban J connectivity index is 1.93. The fourth-order valence-corrected chi connectivity index (χ4v) is 9.17. The summed E-state index contributed by atoms with van der Waals surface area (Å²) in [5, 5.41) is 13.2. The molecule has 0 fully saturated rings. The minimum Gasteiger partial charge on any atom is -0.491 e. The van der Waals surface area contributed by atoms with Gasteiger partial charge in [-0.25, -0.2) is 27.6 Å². The maximum Gasteiger partial charge on any atom is 0.407 e. The Hall–Kier alpha value is -7.14.